The van der Waals surface area contributed by atoms with Gasteiger partial charge in [0.05, 0.1) is 0 Å². The Morgan fingerprint density at radius 2 is 1.77 bits per heavy atom. The summed E-state index contributed by atoms with van der Waals surface area (Å²) in [6, 6.07) is 9.13. The topological polar surface area (TPSA) is 33.1 Å². The maximum absolute atomic E-state index is 9.31. The molecule has 4 heteroatoms. The van der Waals surface area contributed by atoms with E-state index in [0.717, 1.165) is 5.39 Å². The third kappa shape index (κ3) is 2.51. The fraction of sp³-hybridized carbons (Fsp3) is 0. The molecule has 1 heterocycles. The van der Waals surface area contributed by atoms with Crippen LogP contribution in [0.15, 0.2) is 36.5 Å². The van der Waals surface area contributed by atoms with E-state index in [1.165, 1.54) is 0 Å². The van der Waals surface area contributed by atoms with E-state index in [2.05, 4.69) is 4.98 Å². The molecule has 0 fully saturated rings. The average molecular weight is 265 g/mol. The van der Waals surface area contributed by atoms with E-state index < -0.39 is 0 Å². The first-order valence-corrected chi connectivity index (χ1v) is 3.40. The van der Waals surface area contributed by atoms with Gasteiger partial charge in [-0.1, -0.05) is 18.2 Å². The standard InChI is InChI=1S/C9H7NO.Mn.Zn/c11-8-5-1-3-7-4-2-6-10-9(7)8;;/h1-6,11H;;. The summed E-state index contributed by atoms with van der Waals surface area (Å²) in [7, 11) is 0. The van der Waals surface area contributed by atoms with Crippen LogP contribution >= 0.6 is 0 Å². The Morgan fingerprint density at radius 1 is 1.08 bits per heavy atom. The molecule has 1 aromatic heterocycles. The van der Waals surface area contributed by atoms with Crippen molar-refractivity contribution in [1.29, 1.82) is 0 Å². The molecule has 0 aliphatic carbocycles. The maximum Gasteiger partial charge on any atom is 0.141 e. The average Bonchev–Trinajstić information content (AvgIpc) is 2.06. The van der Waals surface area contributed by atoms with Crippen molar-refractivity contribution in [3.8, 4) is 5.75 Å². The molecule has 2 rings (SSSR count). The van der Waals surface area contributed by atoms with Crippen molar-refractivity contribution >= 4 is 10.9 Å². The molecular formula is C9H7MnNOZn. The number of aromatic hydroxyl groups is 1. The van der Waals surface area contributed by atoms with E-state index in [9.17, 15) is 5.11 Å². The van der Waals surface area contributed by atoms with E-state index >= 15 is 0 Å². The minimum absolute atomic E-state index is 0. The van der Waals surface area contributed by atoms with Gasteiger partial charge >= 0.3 is 0 Å². The summed E-state index contributed by atoms with van der Waals surface area (Å²) in [5.74, 6) is 0.239. The zero-order valence-corrected chi connectivity index (χ0v) is 11.1. The molecule has 1 N–H and O–H groups in total. The molecule has 2 aromatic rings. The van der Waals surface area contributed by atoms with Crippen LogP contribution in [-0.4, -0.2) is 10.1 Å². The summed E-state index contributed by atoms with van der Waals surface area (Å²) in [5.41, 5.74) is 0.662. The molecule has 0 aliphatic heterocycles. The van der Waals surface area contributed by atoms with E-state index in [1.54, 1.807) is 18.3 Å². The third-order valence-electron chi connectivity index (χ3n) is 1.61. The number of nitrogens with zero attached hydrogens (tertiary/aromatic N) is 1. The predicted octanol–water partition coefficient (Wildman–Crippen LogP) is 1.94. The summed E-state index contributed by atoms with van der Waals surface area (Å²) < 4.78 is 0. The number of pyridine rings is 1. The van der Waals surface area contributed by atoms with Gasteiger partial charge in [0.25, 0.3) is 0 Å². The van der Waals surface area contributed by atoms with Gasteiger partial charge in [0.2, 0.25) is 0 Å². The van der Waals surface area contributed by atoms with Crippen LogP contribution in [0.4, 0.5) is 0 Å². The minimum Gasteiger partial charge on any atom is -0.506 e. The van der Waals surface area contributed by atoms with E-state index in [4.69, 9.17) is 0 Å². The van der Waals surface area contributed by atoms with Gasteiger partial charge in [0.1, 0.15) is 11.3 Å². The van der Waals surface area contributed by atoms with Gasteiger partial charge in [-0.05, 0) is 12.1 Å². The van der Waals surface area contributed by atoms with Gasteiger partial charge < -0.3 is 5.11 Å². The van der Waals surface area contributed by atoms with Crippen LogP contribution in [0.2, 0.25) is 0 Å². The SMILES string of the molecule is Oc1cccc2cccnc12.[Mn].[Zn]. The fourth-order valence-electron chi connectivity index (χ4n) is 1.09. The first kappa shape index (κ1) is 12.6. The number of aromatic nitrogens is 1. The number of phenolic OH excluding ortho intramolecular Hbond substituents is 1. The summed E-state index contributed by atoms with van der Waals surface area (Å²) >= 11 is 0. The van der Waals surface area contributed by atoms with Gasteiger partial charge in [0.15, 0.2) is 0 Å². The maximum atomic E-state index is 9.31. The predicted molar refractivity (Wildman–Crippen MR) is 43.4 cm³/mol. The van der Waals surface area contributed by atoms with Crippen LogP contribution in [0.1, 0.15) is 0 Å². The Labute approximate surface area is 99.6 Å². The zero-order chi connectivity index (χ0) is 7.68. The Morgan fingerprint density at radius 3 is 2.46 bits per heavy atom. The number of hydrogen-bond acceptors (Lipinski definition) is 2. The second-order valence-corrected chi connectivity index (χ2v) is 2.35. The molecule has 13 heavy (non-hydrogen) atoms. The largest absolute Gasteiger partial charge is 0.506 e. The summed E-state index contributed by atoms with van der Waals surface area (Å²) in [6.45, 7) is 0. The number of benzene rings is 1. The molecule has 0 unspecified atom stereocenters. The molecule has 0 bridgehead atoms. The van der Waals surface area contributed by atoms with E-state index in [1.807, 2.05) is 18.2 Å². The van der Waals surface area contributed by atoms with Crippen molar-refractivity contribution in [3.05, 3.63) is 36.5 Å². The minimum atomic E-state index is 0. The molecule has 1 radical (unpaired) electrons. The van der Waals surface area contributed by atoms with Crippen molar-refractivity contribution in [2.45, 2.75) is 0 Å². The summed E-state index contributed by atoms with van der Waals surface area (Å²) in [5, 5.41) is 10.3. The molecule has 0 spiro atoms. The fourth-order valence-corrected chi connectivity index (χ4v) is 1.09. The second-order valence-electron chi connectivity index (χ2n) is 2.35. The molecule has 0 saturated carbocycles. The Balaban J connectivity index is 0.000000720. The second kappa shape index (κ2) is 5.33. The van der Waals surface area contributed by atoms with Gasteiger partial charge in [-0.15, -0.1) is 0 Å². The van der Waals surface area contributed by atoms with Crippen LogP contribution in [0.5, 0.6) is 5.75 Å². The van der Waals surface area contributed by atoms with Crippen LogP contribution < -0.4 is 0 Å². The molecule has 0 aliphatic rings. The first-order chi connectivity index (χ1) is 5.38. The van der Waals surface area contributed by atoms with Crippen LogP contribution in [0.25, 0.3) is 10.9 Å². The molecule has 63 valence electrons. The van der Waals surface area contributed by atoms with Crippen LogP contribution in [0.3, 0.4) is 0 Å². The number of hydrogen-bond donors (Lipinski definition) is 1. The van der Waals surface area contributed by atoms with Crippen molar-refractivity contribution in [2.75, 3.05) is 0 Å². The van der Waals surface area contributed by atoms with E-state index in [0.29, 0.717) is 5.52 Å². The van der Waals surface area contributed by atoms with Crippen molar-refractivity contribution in [3.63, 3.8) is 0 Å². The molecule has 0 atom stereocenters. The number of phenols is 1. The Hall–Kier alpha value is -0.427. The Bertz CT molecular complexity index is 389. The summed E-state index contributed by atoms with van der Waals surface area (Å²) in [4.78, 5) is 4.03. The first-order valence-electron chi connectivity index (χ1n) is 3.40. The normalized spacial score (nSPS) is 8.62. The van der Waals surface area contributed by atoms with Gasteiger partial charge in [0, 0.05) is 48.1 Å². The number of rotatable bonds is 0. The van der Waals surface area contributed by atoms with Crippen molar-refractivity contribution in [2.24, 2.45) is 0 Å². The number of fused-ring (bicyclic) bond motifs is 1. The quantitative estimate of drug-likeness (QED) is 0.739. The van der Waals surface area contributed by atoms with E-state index in [-0.39, 0.29) is 42.3 Å². The molecular weight excluding hydrogens is 258 g/mol. The van der Waals surface area contributed by atoms with Gasteiger partial charge in [-0.25, -0.2) is 0 Å². The van der Waals surface area contributed by atoms with Crippen LogP contribution in [0, 0.1) is 0 Å². The smallest absolute Gasteiger partial charge is 0.141 e. The molecule has 2 nitrogen and oxygen atoms in total. The zero-order valence-electron chi connectivity index (χ0n) is 6.94. The molecule has 1 aromatic carbocycles. The van der Waals surface area contributed by atoms with Crippen molar-refractivity contribution in [1.82, 2.24) is 4.98 Å². The van der Waals surface area contributed by atoms with Crippen molar-refractivity contribution < 1.29 is 41.7 Å². The van der Waals surface area contributed by atoms with Gasteiger partial charge in [-0.3, -0.25) is 4.98 Å². The molecule has 0 saturated heterocycles. The summed E-state index contributed by atoms with van der Waals surface area (Å²) in [6.07, 6.45) is 1.67. The molecule has 0 amide bonds. The Kier molecular flexibility index (Phi) is 5.16. The monoisotopic (exact) mass is 264 g/mol. The van der Waals surface area contributed by atoms with Gasteiger partial charge in [-0.2, -0.15) is 0 Å². The third-order valence-corrected chi connectivity index (χ3v) is 1.61. The van der Waals surface area contributed by atoms with Crippen LogP contribution in [-0.2, 0) is 36.5 Å². The number of para-hydroxylation sites is 1.